The molecule has 0 radical (unpaired) electrons. The first-order chi connectivity index (χ1) is 10.8. The van der Waals surface area contributed by atoms with Crippen LogP contribution in [-0.4, -0.2) is 29.7 Å². The third-order valence-electron chi connectivity index (χ3n) is 3.11. The molecule has 0 aromatic heterocycles. The summed E-state index contributed by atoms with van der Waals surface area (Å²) >= 11 is 0. The van der Waals surface area contributed by atoms with Crippen molar-refractivity contribution in [1.82, 2.24) is 0 Å². The topological polar surface area (TPSA) is 29.5 Å². The maximum absolute atomic E-state index is 13.3. The molecule has 0 aliphatic heterocycles. The summed E-state index contributed by atoms with van der Waals surface area (Å²) < 4.78 is 93.6. The van der Waals surface area contributed by atoms with Gasteiger partial charge < -0.3 is 9.84 Å². The van der Waals surface area contributed by atoms with Crippen LogP contribution in [-0.2, 0) is 0 Å². The summed E-state index contributed by atoms with van der Waals surface area (Å²) in [5.74, 6) is -11.1. The molecule has 138 valence electrons. The molecule has 0 aliphatic rings. The summed E-state index contributed by atoms with van der Waals surface area (Å²) in [6, 6.07) is 4.87. The maximum Gasteiger partial charge on any atom is 0.459 e. The molecule has 0 amide bonds. The third kappa shape index (κ3) is 4.75. The van der Waals surface area contributed by atoms with E-state index in [0.717, 1.165) is 12.1 Å². The molecule has 1 aromatic carbocycles. The van der Waals surface area contributed by atoms with E-state index in [-0.39, 0.29) is 11.5 Å². The lowest BCUT2D eigenvalue weighted by Crippen LogP contribution is -2.52. The van der Waals surface area contributed by atoms with Crippen molar-refractivity contribution >= 4 is 0 Å². The molecule has 1 aromatic rings. The SMILES string of the molecule is CC(C)COc1ccc(C(O)CC(F)(F)C(F)(F)C(F)(F)F)cc1. The molecule has 1 unspecified atom stereocenters. The highest BCUT2D eigenvalue weighted by Crippen LogP contribution is 2.49. The molecule has 0 bridgehead atoms. The number of hydrogen-bond acceptors (Lipinski definition) is 2. The first kappa shape index (κ1) is 20.5. The lowest BCUT2D eigenvalue weighted by atomic mass is 9.98. The Morgan fingerprint density at radius 3 is 1.88 bits per heavy atom. The van der Waals surface area contributed by atoms with Gasteiger partial charge in [-0.2, -0.15) is 30.7 Å². The van der Waals surface area contributed by atoms with Crippen molar-refractivity contribution in [2.24, 2.45) is 5.92 Å². The second kappa shape index (κ2) is 7.16. The minimum Gasteiger partial charge on any atom is -0.493 e. The Balaban J connectivity index is 2.82. The largest absolute Gasteiger partial charge is 0.493 e. The third-order valence-corrected chi connectivity index (χ3v) is 3.11. The molecule has 2 nitrogen and oxygen atoms in total. The second-order valence-corrected chi connectivity index (χ2v) is 5.77. The molecule has 0 spiro atoms. The summed E-state index contributed by atoms with van der Waals surface area (Å²) in [7, 11) is 0. The van der Waals surface area contributed by atoms with Crippen LogP contribution in [0.4, 0.5) is 30.7 Å². The standard InChI is InChI=1S/C15H17F7O2/c1-9(2)8-24-11-5-3-10(4-6-11)12(23)7-13(16,17)14(18,19)15(20,21)22/h3-6,9,12,23H,7-8H2,1-2H3. The van der Waals surface area contributed by atoms with Crippen LogP contribution in [0, 0.1) is 5.92 Å². The van der Waals surface area contributed by atoms with E-state index < -0.39 is 30.5 Å². The zero-order valence-electron chi connectivity index (χ0n) is 12.9. The Morgan fingerprint density at radius 2 is 1.46 bits per heavy atom. The van der Waals surface area contributed by atoms with Crippen molar-refractivity contribution in [3.8, 4) is 5.75 Å². The summed E-state index contributed by atoms with van der Waals surface area (Å²) in [5.41, 5.74) is -0.218. The lowest BCUT2D eigenvalue weighted by molar-refractivity contribution is -0.358. The molecule has 0 aliphatic carbocycles. The average molecular weight is 362 g/mol. The van der Waals surface area contributed by atoms with Gasteiger partial charge in [0.25, 0.3) is 0 Å². The highest BCUT2D eigenvalue weighted by molar-refractivity contribution is 5.28. The fraction of sp³-hybridized carbons (Fsp3) is 0.600. The number of alkyl halides is 7. The van der Waals surface area contributed by atoms with Gasteiger partial charge in [0, 0.05) is 6.42 Å². The van der Waals surface area contributed by atoms with Gasteiger partial charge in [-0.25, -0.2) is 0 Å². The molecular weight excluding hydrogens is 345 g/mol. The molecule has 9 heteroatoms. The summed E-state index contributed by atoms with van der Waals surface area (Å²) in [6.45, 7) is 4.15. The van der Waals surface area contributed by atoms with Crippen molar-refractivity contribution < 1.29 is 40.6 Å². The average Bonchev–Trinajstić information content (AvgIpc) is 2.43. The summed E-state index contributed by atoms with van der Waals surface area (Å²) in [5, 5.41) is 9.57. The van der Waals surface area contributed by atoms with Crippen molar-refractivity contribution in [1.29, 1.82) is 0 Å². The van der Waals surface area contributed by atoms with E-state index in [4.69, 9.17) is 4.74 Å². The minimum atomic E-state index is -6.41. The Bertz CT molecular complexity index is 524. The number of halogens is 7. The smallest absolute Gasteiger partial charge is 0.459 e. The molecule has 1 rings (SSSR count). The Kier molecular flexibility index (Phi) is 6.13. The van der Waals surface area contributed by atoms with Gasteiger partial charge >= 0.3 is 18.0 Å². The number of benzene rings is 1. The fourth-order valence-corrected chi connectivity index (χ4v) is 1.75. The van der Waals surface area contributed by atoms with Gasteiger partial charge in [0.2, 0.25) is 0 Å². The van der Waals surface area contributed by atoms with E-state index in [1.54, 1.807) is 0 Å². The van der Waals surface area contributed by atoms with Gasteiger partial charge in [0.15, 0.2) is 0 Å². The van der Waals surface area contributed by atoms with E-state index in [0.29, 0.717) is 12.4 Å². The minimum absolute atomic E-state index is 0.218. The molecule has 0 saturated carbocycles. The van der Waals surface area contributed by atoms with Crippen molar-refractivity contribution in [2.45, 2.75) is 44.4 Å². The molecule has 1 N–H and O–H groups in total. The second-order valence-electron chi connectivity index (χ2n) is 5.77. The summed E-state index contributed by atoms with van der Waals surface area (Å²) in [4.78, 5) is 0. The molecule has 0 saturated heterocycles. The Labute approximate surface area is 134 Å². The van der Waals surface area contributed by atoms with E-state index >= 15 is 0 Å². The molecule has 0 fully saturated rings. The van der Waals surface area contributed by atoms with Crippen LogP contribution in [0.5, 0.6) is 5.75 Å². The molecule has 1 atom stereocenters. The zero-order chi connectivity index (χ0) is 18.8. The van der Waals surface area contributed by atoms with Gasteiger partial charge in [0.05, 0.1) is 12.7 Å². The van der Waals surface area contributed by atoms with Gasteiger partial charge in [-0.1, -0.05) is 26.0 Å². The monoisotopic (exact) mass is 362 g/mol. The van der Waals surface area contributed by atoms with Crippen molar-refractivity contribution in [3.05, 3.63) is 29.8 Å². The predicted molar refractivity (Wildman–Crippen MR) is 72.3 cm³/mol. The van der Waals surface area contributed by atoms with Crippen molar-refractivity contribution in [2.75, 3.05) is 6.61 Å². The molecule has 24 heavy (non-hydrogen) atoms. The van der Waals surface area contributed by atoms with Gasteiger partial charge in [-0.15, -0.1) is 0 Å². The Hall–Kier alpha value is -1.51. The number of aliphatic hydroxyl groups is 1. The number of aliphatic hydroxyl groups excluding tert-OH is 1. The van der Waals surface area contributed by atoms with Crippen LogP contribution in [0.1, 0.15) is 31.9 Å². The number of rotatable bonds is 7. The Morgan fingerprint density at radius 1 is 0.958 bits per heavy atom. The van der Waals surface area contributed by atoms with Crippen LogP contribution in [0.3, 0.4) is 0 Å². The van der Waals surface area contributed by atoms with Gasteiger partial charge in [-0.3, -0.25) is 0 Å². The zero-order valence-corrected chi connectivity index (χ0v) is 12.9. The van der Waals surface area contributed by atoms with Crippen LogP contribution < -0.4 is 4.74 Å². The predicted octanol–water partition coefficient (Wildman–Crippen LogP) is 4.98. The van der Waals surface area contributed by atoms with E-state index in [2.05, 4.69) is 0 Å². The van der Waals surface area contributed by atoms with Gasteiger partial charge in [0.1, 0.15) is 5.75 Å². The first-order valence-electron chi connectivity index (χ1n) is 7.01. The van der Waals surface area contributed by atoms with Gasteiger partial charge in [-0.05, 0) is 23.6 Å². The van der Waals surface area contributed by atoms with Crippen LogP contribution in [0.15, 0.2) is 24.3 Å². The summed E-state index contributed by atoms with van der Waals surface area (Å²) in [6.07, 6.45) is -10.7. The number of ether oxygens (including phenoxy) is 1. The van der Waals surface area contributed by atoms with Crippen molar-refractivity contribution in [3.63, 3.8) is 0 Å². The van der Waals surface area contributed by atoms with Crippen LogP contribution >= 0.6 is 0 Å². The molecule has 0 heterocycles. The van der Waals surface area contributed by atoms with Crippen LogP contribution in [0.2, 0.25) is 0 Å². The fourth-order valence-electron chi connectivity index (χ4n) is 1.75. The van der Waals surface area contributed by atoms with E-state index in [1.165, 1.54) is 12.1 Å². The normalized spacial score (nSPS) is 14.8. The van der Waals surface area contributed by atoms with Crippen LogP contribution in [0.25, 0.3) is 0 Å². The molecular formula is C15H17F7O2. The first-order valence-corrected chi connectivity index (χ1v) is 7.01. The highest BCUT2D eigenvalue weighted by Gasteiger charge is 2.72. The van der Waals surface area contributed by atoms with E-state index in [9.17, 15) is 35.8 Å². The highest BCUT2D eigenvalue weighted by atomic mass is 19.4. The maximum atomic E-state index is 13.3. The van der Waals surface area contributed by atoms with E-state index in [1.807, 2.05) is 13.8 Å². The number of hydrogen-bond donors (Lipinski definition) is 1. The quantitative estimate of drug-likeness (QED) is 0.694. The lowest BCUT2D eigenvalue weighted by Gasteiger charge is -2.29.